The Morgan fingerprint density at radius 2 is 1.17 bits per heavy atom. The molecule has 7 heteroatoms. The average molecular weight is 370 g/mol. The highest BCUT2D eigenvalue weighted by Gasteiger charge is 2.21. The molecule has 0 saturated carbocycles. The summed E-state index contributed by atoms with van der Waals surface area (Å²) in [4.78, 5) is 4.15. The molecule has 1 aromatic heterocycles. The quantitative estimate of drug-likeness (QED) is 0.385. The minimum atomic E-state index is -1.68. The fraction of sp³-hybridized carbons (Fsp3) is 0. The van der Waals surface area contributed by atoms with Gasteiger partial charge < -0.3 is 0 Å². The first-order chi connectivity index (χ1) is 11.4. The van der Waals surface area contributed by atoms with Crippen molar-refractivity contribution in [2.45, 2.75) is 0 Å². The third-order valence-electron chi connectivity index (χ3n) is 3.14. The molecule has 0 spiro atoms. The van der Waals surface area contributed by atoms with Crippen molar-refractivity contribution < 1.29 is 17.6 Å². The summed E-state index contributed by atoms with van der Waals surface area (Å²) in [5.74, 6) is -3.12. The molecule has 3 rings (SSSR count). The Hall–Kier alpha value is -1.97. The van der Waals surface area contributed by atoms with E-state index in [4.69, 9.17) is 11.6 Å². The van der Waals surface area contributed by atoms with Gasteiger partial charge in [0.1, 0.15) is 28.4 Å². The molecule has 0 unspecified atom stereocenters. The highest BCUT2D eigenvalue weighted by molar-refractivity contribution is 7.79. The summed E-state index contributed by atoms with van der Waals surface area (Å²) in [7, 11) is -1.68. The van der Waals surface area contributed by atoms with Gasteiger partial charge in [-0.05, 0) is 47.0 Å². The Bertz CT molecular complexity index is 812. The van der Waals surface area contributed by atoms with Crippen LogP contribution in [0, 0.1) is 23.3 Å². The molecule has 1 heterocycles. The Balaban J connectivity index is 2.24. The summed E-state index contributed by atoms with van der Waals surface area (Å²) in [5, 5.41) is 0.651. The zero-order chi connectivity index (χ0) is 17.3. The molecule has 0 aliphatic rings. The van der Waals surface area contributed by atoms with Crippen LogP contribution < -0.4 is 16.0 Å². The molecule has 1 nitrogen and oxygen atoms in total. The van der Waals surface area contributed by atoms with Gasteiger partial charge in [-0.3, -0.25) is 0 Å². The molecule has 0 amide bonds. The molecule has 0 atom stereocenters. The zero-order valence-corrected chi connectivity index (χ0v) is 13.6. The molecule has 0 fully saturated rings. The summed E-state index contributed by atoms with van der Waals surface area (Å²) in [6.45, 7) is 0. The number of nitrogens with zero attached hydrogens (tertiary/aromatic N) is 1. The second-order valence-corrected chi connectivity index (χ2v) is 7.46. The van der Waals surface area contributed by atoms with Crippen LogP contribution in [0.5, 0.6) is 0 Å². The van der Waals surface area contributed by atoms with Crippen LogP contribution in [0.4, 0.5) is 17.6 Å². The minimum Gasteiger partial charge on any atom is -0.236 e. The predicted molar refractivity (Wildman–Crippen MR) is 87.8 cm³/mol. The zero-order valence-electron chi connectivity index (χ0n) is 12.0. The number of pyridine rings is 1. The van der Waals surface area contributed by atoms with Crippen LogP contribution in [0.3, 0.4) is 0 Å². The minimum absolute atomic E-state index is 0.175. The molecule has 0 aliphatic carbocycles. The maximum atomic E-state index is 13.6. The topological polar surface area (TPSA) is 12.9 Å². The summed E-state index contributed by atoms with van der Waals surface area (Å²) in [5.41, 5.74) is 0.382. The first kappa shape index (κ1) is 16.9. The standard InChI is InChI=1S/C17H9ClF4NP/c18-16-2-1-3-17(23-16)24(14-6-10(19)4-11(20)7-14)15-8-12(21)5-13(22)9-15/h1-9H. The number of benzene rings is 2. The average Bonchev–Trinajstić information content (AvgIpc) is 2.45. The highest BCUT2D eigenvalue weighted by atomic mass is 35.5. The van der Waals surface area contributed by atoms with E-state index in [0.29, 0.717) is 5.44 Å². The Kier molecular flexibility index (Phi) is 4.83. The van der Waals surface area contributed by atoms with Gasteiger partial charge in [-0.15, -0.1) is 0 Å². The smallest absolute Gasteiger partial charge is 0.129 e. The van der Waals surface area contributed by atoms with Gasteiger partial charge in [0.25, 0.3) is 0 Å². The molecule has 24 heavy (non-hydrogen) atoms. The molecule has 2 aromatic carbocycles. The first-order valence-electron chi connectivity index (χ1n) is 6.77. The van der Waals surface area contributed by atoms with Crippen LogP contribution in [0.1, 0.15) is 0 Å². The third-order valence-corrected chi connectivity index (χ3v) is 5.61. The van der Waals surface area contributed by atoms with Gasteiger partial charge in [-0.25, -0.2) is 22.5 Å². The van der Waals surface area contributed by atoms with Crippen molar-refractivity contribution in [3.63, 3.8) is 0 Å². The van der Waals surface area contributed by atoms with Crippen molar-refractivity contribution >= 4 is 35.6 Å². The van der Waals surface area contributed by atoms with Crippen molar-refractivity contribution in [2.75, 3.05) is 0 Å². The monoisotopic (exact) mass is 369 g/mol. The number of halogens is 5. The lowest BCUT2D eigenvalue weighted by molar-refractivity contribution is 0.585. The Labute approximate surface area is 141 Å². The van der Waals surface area contributed by atoms with Gasteiger partial charge in [0.15, 0.2) is 0 Å². The van der Waals surface area contributed by atoms with Crippen LogP contribution in [-0.2, 0) is 0 Å². The van der Waals surface area contributed by atoms with Crippen LogP contribution >= 0.6 is 19.5 Å². The number of hydrogen-bond donors (Lipinski definition) is 0. The van der Waals surface area contributed by atoms with Crippen LogP contribution in [0.2, 0.25) is 5.15 Å². The Morgan fingerprint density at radius 3 is 1.58 bits per heavy atom. The maximum absolute atomic E-state index is 13.6. The van der Waals surface area contributed by atoms with E-state index in [1.54, 1.807) is 12.1 Å². The summed E-state index contributed by atoms with van der Waals surface area (Å²) < 4.78 is 54.5. The number of hydrogen-bond acceptors (Lipinski definition) is 1. The highest BCUT2D eigenvalue weighted by Crippen LogP contribution is 2.33. The van der Waals surface area contributed by atoms with E-state index in [9.17, 15) is 17.6 Å². The van der Waals surface area contributed by atoms with Gasteiger partial charge in [0.05, 0.1) is 5.44 Å². The van der Waals surface area contributed by atoms with Crippen LogP contribution in [0.15, 0.2) is 54.6 Å². The normalized spacial score (nSPS) is 11.1. The van der Waals surface area contributed by atoms with E-state index < -0.39 is 31.2 Å². The largest absolute Gasteiger partial charge is 0.236 e. The lowest BCUT2D eigenvalue weighted by atomic mass is 10.3. The SMILES string of the molecule is Fc1cc(F)cc(P(c2cc(F)cc(F)c2)c2cccc(Cl)n2)c1. The Morgan fingerprint density at radius 1 is 0.708 bits per heavy atom. The van der Waals surface area contributed by atoms with E-state index in [1.807, 2.05) is 0 Å². The molecular weight excluding hydrogens is 361 g/mol. The summed E-state index contributed by atoms with van der Waals surface area (Å²) in [6, 6.07) is 10.7. The van der Waals surface area contributed by atoms with Gasteiger partial charge >= 0.3 is 0 Å². The van der Waals surface area contributed by atoms with E-state index in [0.717, 1.165) is 36.4 Å². The lowest BCUT2D eigenvalue weighted by Crippen LogP contribution is -2.24. The molecule has 122 valence electrons. The molecule has 0 N–H and O–H groups in total. The first-order valence-corrected chi connectivity index (χ1v) is 8.49. The van der Waals surface area contributed by atoms with Crippen molar-refractivity contribution in [1.29, 1.82) is 0 Å². The fourth-order valence-electron chi connectivity index (χ4n) is 2.27. The van der Waals surface area contributed by atoms with Crippen molar-refractivity contribution in [3.8, 4) is 0 Å². The van der Waals surface area contributed by atoms with Gasteiger partial charge in [0, 0.05) is 20.1 Å². The fourth-order valence-corrected chi connectivity index (χ4v) is 4.77. The number of rotatable bonds is 3. The van der Waals surface area contributed by atoms with E-state index >= 15 is 0 Å². The van der Waals surface area contributed by atoms with Crippen molar-refractivity contribution in [2.24, 2.45) is 0 Å². The van der Waals surface area contributed by atoms with Crippen LogP contribution in [0.25, 0.3) is 0 Å². The third kappa shape index (κ3) is 3.74. The van der Waals surface area contributed by atoms with E-state index in [-0.39, 0.29) is 15.8 Å². The van der Waals surface area contributed by atoms with Crippen LogP contribution in [-0.4, -0.2) is 4.98 Å². The van der Waals surface area contributed by atoms with E-state index in [2.05, 4.69) is 4.98 Å². The molecule has 0 aliphatic heterocycles. The van der Waals surface area contributed by atoms with Gasteiger partial charge in [-0.2, -0.15) is 0 Å². The predicted octanol–water partition coefficient (Wildman–Crippen LogP) is 4.05. The molecule has 3 aromatic rings. The molecule has 0 bridgehead atoms. The van der Waals surface area contributed by atoms with E-state index in [1.165, 1.54) is 6.07 Å². The molecular formula is C17H9ClF4NP. The number of aromatic nitrogens is 1. The summed E-state index contributed by atoms with van der Waals surface area (Å²) >= 11 is 5.89. The van der Waals surface area contributed by atoms with Gasteiger partial charge in [-0.1, -0.05) is 17.7 Å². The summed E-state index contributed by atoms with van der Waals surface area (Å²) in [6.07, 6.45) is 0. The second-order valence-electron chi connectivity index (χ2n) is 4.91. The second kappa shape index (κ2) is 6.88. The lowest BCUT2D eigenvalue weighted by Gasteiger charge is -2.18. The molecule has 0 radical (unpaired) electrons. The van der Waals surface area contributed by atoms with Crippen molar-refractivity contribution in [1.82, 2.24) is 4.98 Å². The molecule has 0 saturated heterocycles. The maximum Gasteiger partial charge on any atom is 0.129 e. The van der Waals surface area contributed by atoms with Crippen molar-refractivity contribution in [3.05, 3.63) is 83.0 Å². The van der Waals surface area contributed by atoms with Gasteiger partial charge in [0.2, 0.25) is 0 Å².